The number of rotatable bonds is 5. The van der Waals surface area contributed by atoms with Crippen molar-refractivity contribution in [3.8, 4) is 11.8 Å². The lowest BCUT2D eigenvalue weighted by atomic mass is 10.0. The zero-order chi connectivity index (χ0) is 15.0. The number of amides is 1. The van der Waals surface area contributed by atoms with E-state index in [0.29, 0.717) is 12.1 Å². The fourth-order valence-corrected chi connectivity index (χ4v) is 2.15. The minimum absolute atomic E-state index is 0.0146. The standard InChI is InChI=1S/C17H24N2O/c1-4-8-15(5-2)19-17(20)16-11-6-9-14(13(16)3)10-7-12-18/h6,9,11,15H,4-5,8,12,18H2,1-3H3,(H,19,20). The van der Waals surface area contributed by atoms with E-state index in [0.717, 1.165) is 30.4 Å². The molecule has 0 heterocycles. The van der Waals surface area contributed by atoms with E-state index in [1.165, 1.54) is 0 Å². The third-order valence-corrected chi connectivity index (χ3v) is 3.37. The van der Waals surface area contributed by atoms with Gasteiger partial charge < -0.3 is 11.1 Å². The van der Waals surface area contributed by atoms with Crippen molar-refractivity contribution in [1.82, 2.24) is 5.32 Å². The third-order valence-electron chi connectivity index (χ3n) is 3.37. The fraction of sp³-hybridized carbons (Fsp3) is 0.471. The third kappa shape index (κ3) is 4.40. The first kappa shape index (κ1) is 16.3. The van der Waals surface area contributed by atoms with Crippen molar-refractivity contribution in [1.29, 1.82) is 0 Å². The predicted molar refractivity (Wildman–Crippen MR) is 83.6 cm³/mol. The summed E-state index contributed by atoms with van der Waals surface area (Å²) < 4.78 is 0. The van der Waals surface area contributed by atoms with E-state index in [2.05, 4.69) is 31.0 Å². The molecule has 0 aromatic heterocycles. The average Bonchev–Trinajstić information content (AvgIpc) is 2.45. The van der Waals surface area contributed by atoms with Crippen LogP contribution in [0.2, 0.25) is 0 Å². The van der Waals surface area contributed by atoms with E-state index in [9.17, 15) is 4.79 Å². The van der Waals surface area contributed by atoms with Crippen molar-refractivity contribution in [3.05, 3.63) is 34.9 Å². The SMILES string of the molecule is CCCC(CC)NC(=O)c1cccc(C#CCN)c1C. The number of carbonyl (C=O) groups is 1. The first-order valence-electron chi connectivity index (χ1n) is 7.23. The highest BCUT2D eigenvalue weighted by atomic mass is 16.1. The van der Waals surface area contributed by atoms with Gasteiger partial charge in [-0.05, 0) is 37.5 Å². The Morgan fingerprint density at radius 3 is 2.75 bits per heavy atom. The van der Waals surface area contributed by atoms with Gasteiger partial charge in [0.05, 0.1) is 6.54 Å². The highest BCUT2D eigenvalue weighted by molar-refractivity contribution is 5.96. The second kappa shape index (κ2) is 8.39. The van der Waals surface area contributed by atoms with Crippen LogP contribution in [0.15, 0.2) is 18.2 Å². The average molecular weight is 272 g/mol. The molecule has 1 atom stereocenters. The van der Waals surface area contributed by atoms with Crippen LogP contribution in [0.1, 0.15) is 54.6 Å². The molecule has 0 spiro atoms. The Bertz CT molecular complexity index is 511. The largest absolute Gasteiger partial charge is 0.349 e. The van der Waals surface area contributed by atoms with Gasteiger partial charge in [0.1, 0.15) is 0 Å². The van der Waals surface area contributed by atoms with Crippen molar-refractivity contribution in [2.75, 3.05) is 6.54 Å². The highest BCUT2D eigenvalue weighted by Crippen LogP contribution is 2.14. The number of benzene rings is 1. The monoisotopic (exact) mass is 272 g/mol. The molecule has 1 aromatic rings. The molecule has 0 saturated heterocycles. The summed E-state index contributed by atoms with van der Waals surface area (Å²) in [6.07, 6.45) is 3.03. The minimum Gasteiger partial charge on any atom is -0.349 e. The Hall–Kier alpha value is -1.79. The highest BCUT2D eigenvalue weighted by Gasteiger charge is 2.14. The molecule has 0 saturated carbocycles. The van der Waals surface area contributed by atoms with Crippen LogP contribution in [0.3, 0.4) is 0 Å². The van der Waals surface area contributed by atoms with Crippen molar-refractivity contribution in [2.45, 2.75) is 46.1 Å². The van der Waals surface area contributed by atoms with E-state index >= 15 is 0 Å². The van der Waals surface area contributed by atoms with Crippen LogP contribution in [0.25, 0.3) is 0 Å². The second-order valence-corrected chi connectivity index (χ2v) is 4.85. The Labute approximate surface area is 121 Å². The number of hydrogen-bond donors (Lipinski definition) is 2. The predicted octanol–water partition coefficient (Wildman–Crippen LogP) is 2.61. The lowest BCUT2D eigenvalue weighted by Gasteiger charge is -2.17. The van der Waals surface area contributed by atoms with Crippen LogP contribution in [0, 0.1) is 18.8 Å². The number of carbonyl (C=O) groups excluding carboxylic acids is 1. The first-order chi connectivity index (χ1) is 9.63. The second-order valence-electron chi connectivity index (χ2n) is 4.85. The van der Waals surface area contributed by atoms with Crippen molar-refractivity contribution >= 4 is 5.91 Å². The molecule has 1 rings (SSSR count). The fourth-order valence-electron chi connectivity index (χ4n) is 2.15. The van der Waals surface area contributed by atoms with E-state index in [-0.39, 0.29) is 11.9 Å². The molecule has 0 aliphatic carbocycles. The summed E-state index contributed by atoms with van der Waals surface area (Å²) in [5.41, 5.74) is 7.87. The summed E-state index contributed by atoms with van der Waals surface area (Å²) in [6, 6.07) is 5.86. The van der Waals surface area contributed by atoms with Gasteiger partial charge in [0.2, 0.25) is 0 Å². The summed E-state index contributed by atoms with van der Waals surface area (Å²) >= 11 is 0. The molecule has 0 aliphatic heterocycles. The molecule has 1 amide bonds. The topological polar surface area (TPSA) is 55.1 Å². The molecule has 0 bridgehead atoms. The Morgan fingerprint density at radius 1 is 1.40 bits per heavy atom. The number of hydrogen-bond acceptors (Lipinski definition) is 2. The summed E-state index contributed by atoms with van der Waals surface area (Å²) in [5, 5.41) is 3.10. The van der Waals surface area contributed by atoms with Gasteiger partial charge in [0.15, 0.2) is 0 Å². The number of nitrogens with two attached hydrogens (primary N) is 1. The lowest BCUT2D eigenvalue weighted by molar-refractivity contribution is 0.0933. The molecule has 0 radical (unpaired) electrons. The van der Waals surface area contributed by atoms with Crippen LogP contribution < -0.4 is 11.1 Å². The van der Waals surface area contributed by atoms with Gasteiger partial charge >= 0.3 is 0 Å². The van der Waals surface area contributed by atoms with Gasteiger partial charge in [0.25, 0.3) is 5.91 Å². The molecule has 0 aliphatic rings. The quantitative estimate of drug-likeness (QED) is 0.810. The summed E-state index contributed by atoms with van der Waals surface area (Å²) in [7, 11) is 0. The van der Waals surface area contributed by atoms with Crippen molar-refractivity contribution in [3.63, 3.8) is 0 Å². The maximum atomic E-state index is 12.4. The minimum atomic E-state index is -0.0146. The van der Waals surface area contributed by atoms with Crippen LogP contribution >= 0.6 is 0 Å². The van der Waals surface area contributed by atoms with Gasteiger partial charge in [-0.2, -0.15) is 0 Å². The normalized spacial score (nSPS) is 11.4. The summed E-state index contributed by atoms with van der Waals surface area (Å²) in [6.45, 7) is 6.47. The maximum Gasteiger partial charge on any atom is 0.251 e. The van der Waals surface area contributed by atoms with E-state index in [1.54, 1.807) is 0 Å². The van der Waals surface area contributed by atoms with Crippen LogP contribution in [0.5, 0.6) is 0 Å². The Kier molecular flexibility index (Phi) is 6.83. The van der Waals surface area contributed by atoms with Gasteiger partial charge in [-0.3, -0.25) is 4.79 Å². The lowest BCUT2D eigenvalue weighted by Crippen LogP contribution is -2.34. The van der Waals surface area contributed by atoms with E-state index in [1.807, 2.05) is 25.1 Å². The molecular weight excluding hydrogens is 248 g/mol. The maximum absolute atomic E-state index is 12.4. The molecule has 3 nitrogen and oxygen atoms in total. The smallest absolute Gasteiger partial charge is 0.251 e. The molecule has 108 valence electrons. The van der Waals surface area contributed by atoms with Gasteiger partial charge in [-0.1, -0.05) is 38.2 Å². The Morgan fingerprint density at radius 2 is 2.15 bits per heavy atom. The molecule has 1 aromatic carbocycles. The zero-order valence-corrected chi connectivity index (χ0v) is 12.6. The summed E-state index contributed by atoms with van der Waals surface area (Å²) in [4.78, 5) is 12.4. The van der Waals surface area contributed by atoms with Crippen LogP contribution in [-0.2, 0) is 0 Å². The van der Waals surface area contributed by atoms with Crippen molar-refractivity contribution < 1.29 is 4.79 Å². The molecular formula is C17H24N2O. The van der Waals surface area contributed by atoms with E-state index in [4.69, 9.17) is 5.73 Å². The molecule has 20 heavy (non-hydrogen) atoms. The van der Waals surface area contributed by atoms with Gasteiger partial charge in [-0.25, -0.2) is 0 Å². The van der Waals surface area contributed by atoms with Gasteiger partial charge in [-0.15, -0.1) is 0 Å². The van der Waals surface area contributed by atoms with E-state index < -0.39 is 0 Å². The van der Waals surface area contributed by atoms with Crippen LogP contribution in [0.4, 0.5) is 0 Å². The molecule has 0 fully saturated rings. The number of nitrogens with one attached hydrogen (secondary N) is 1. The zero-order valence-electron chi connectivity index (χ0n) is 12.6. The van der Waals surface area contributed by atoms with Gasteiger partial charge in [0, 0.05) is 17.2 Å². The molecule has 3 N–H and O–H groups in total. The first-order valence-corrected chi connectivity index (χ1v) is 7.23. The molecule has 3 heteroatoms. The Balaban J connectivity index is 2.93. The van der Waals surface area contributed by atoms with Crippen molar-refractivity contribution in [2.24, 2.45) is 5.73 Å². The summed E-state index contributed by atoms with van der Waals surface area (Å²) in [5.74, 6) is 5.82. The van der Waals surface area contributed by atoms with Crippen LogP contribution in [-0.4, -0.2) is 18.5 Å². The molecule has 1 unspecified atom stereocenters.